The quantitative estimate of drug-likeness (QED) is 0.611. The fraction of sp³-hybridized carbons (Fsp3) is 0.462. The second kappa shape index (κ2) is 2.94. The molecule has 14 heavy (non-hydrogen) atoms. The molecule has 0 aromatic heterocycles. The van der Waals surface area contributed by atoms with Crippen LogP contribution in [0.1, 0.15) is 46.8 Å². The molecule has 1 nitrogen and oxygen atoms in total. The van der Waals surface area contributed by atoms with Gasteiger partial charge in [0.1, 0.15) is 0 Å². The van der Waals surface area contributed by atoms with Crippen molar-refractivity contribution in [3.63, 3.8) is 0 Å². The Bertz CT molecular complexity index is 404. The minimum atomic E-state index is 0.158. The zero-order valence-corrected chi connectivity index (χ0v) is 9.22. The van der Waals surface area contributed by atoms with Crippen molar-refractivity contribution in [1.29, 1.82) is 0 Å². The standard InChI is InChI=1S/C13H16O/c1-7-5-8(2)12-11(6-7)9(3)10(4)13(12)14/h5-6,9-10H,1-4H3. The van der Waals surface area contributed by atoms with E-state index in [4.69, 9.17) is 0 Å². The second-order valence-electron chi connectivity index (χ2n) is 4.49. The Kier molecular flexibility index (Phi) is 1.99. The Morgan fingerprint density at radius 2 is 1.71 bits per heavy atom. The van der Waals surface area contributed by atoms with Crippen molar-refractivity contribution in [1.82, 2.24) is 0 Å². The van der Waals surface area contributed by atoms with Gasteiger partial charge in [0.05, 0.1) is 0 Å². The van der Waals surface area contributed by atoms with Crippen LogP contribution in [0.25, 0.3) is 0 Å². The van der Waals surface area contributed by atoms with Crippen LogP contribution in [0.4, 0.5) is 0 Å². The topological polar surface area (TPSA) is 17.1 Å². The highest BCUT2D eigenvalue weighted by molar-refractivity contribution is 6.04. The Labute approximate surface area is 85.1 Å². The highest BCUT2D eigenvalue weighted by atomic mass is 16.1. The summed E-state index contributed by atoms with van der Waals surface area (Å²) in [6.45, 7) is 8.30. The molecular formula is C13H16O. The average Bonchev–Trinajstić information content (AvgIpc) is 2.31. The Morgan fingerprint density at radius 3 is 2.36 bits per heavy atom. The number of hydrogen-bond donors (Lipinski definition) is 0. The van der Waals surface area contributed by atoms with E-state index < -0.39 is 0 Å². The molecule has 0 saturated carbocycles. The first-order valence-corrected chi connectivity index (χ1v) is 5.17. The maximum absolute atomic E-state index is 11.9. The van der Waals surface area contributed by atoms with Gasteiger partial charge < -0.3 is 0 Å². The van der Waals surface area contributed by atoms with Crippen molar-refractivity contribution in [2.45, 2.75) is 33.6 Å². The number of ketones is 1. The molecule has 2 unspecified atom stereocenters. The van der Waals surface area contributed by atoms with Crippen molar-refractivity contribution in [3.8, 4) is 0 Å². The Balaban J connectivity index is 2.69. The van der Waals surface area contributed by atoms with Gasteiger partial charge in [-0.05, 0) is 30.9 Å². The monoisotopic (exact) mass is 188 g/mol. The molecule has 0 bridgehead atoms. The Hall–Kier alpha value is -1.11. The minimum absolute atomic E-state index is 0.158. The molecule has 0 saturated heterocycles. The highest BCUT2D eigenvalue weighted by Crippen LogP contribution is 2.39. The van der Waals surface area contributed by atoms with Crippen LogP contribution in [0.5, 0.6) is 0 Å². The van der Waals surface area contributed by atoms with E-state index in [0.29, 0.717) is 11.7 Å². The van der Waals surface area contributed by atoms with Gasteiger partial charge in [0.2, 0.25) is 0 Å². The molecule has 0 radical (unpaired) electrons. The van der Waals surface area contributed by atoms with Crippen LogP contribution in [-0.2, 0) is 0 Å². The van der Waals surface area contributed by atoms with Crippen molar-refractivity contribution in [2.75, 3.05) is 0 Å². The zero-order chi connectivity index (χ0) is 10.5. The van der Waals surface area contributed by atoms with E-state index >= 15 is 0 Å². The fourth-order valence-electron chi connectivity index (χ4n) is 2.42. The lowest BCUT2D eigenvalue weighted by molar-refractivity contribution is 0.0936. The molecule has 1 aromatic carbocycles. The van der Waals surface area contributed by atoms with E-state index in [1.807, 2.05) is 13.8 Å². The van der Waals surface area contributed by atoms with Gasteiger partial charge in [0.25, 0.3) is 0 Å². The SMILES string of the molecule is Cc1cc(C)c2c(c1)C(C)C(C)C2=O. The summed E-state index contributed by atoms with van der Waals surface area (Å²) in [5.74, 6) is 0.867. The van der Waals surface area contributed by atoms with Crippen molar-refractivity contribution in [3.05, 3.63) is 34.4 Å². The highest BCUT2D eigenvalue weighted by Gasteiger charge is 2.34. The summed E-state index contributed by atoms with van der Waals surface area (Å²) in [5.41, 5.74) is 4.63. The van der Waals surface area contributed by atoms with E-state index in [0.717, 1.165) is 11.1 Å². The van der Waals surface area contributed by atoms with E-state index in [2.05, 4.69) is 26.0 Å². The largest absolute Gasteiger partial charge is 0.294 e. The lowest BCUT2D eigenvalue weighted by atomic mass is 9.95. The number of rotatable bonds is 0. The second-order valence-corrected chi connectivity index (χ2v) is 4.49. The normalized spacial score (nSPS) is 25.3. The molecule has 1 aliphatic carbocycles. The maximum atomic E-state index is 11.9. The van der Waals surface area contributed by atoms with Crippen LogP contribution >= 0.6 is 0 Å². The van der Waals surface area contributed by atoms with Crippen molar-refractivity contribution < 1.29 is 4.79 Å². The van der Waals surface area contributed by atoms with Gasteiger partial charge in [-0.2, -0.15) is 0 Å². The number of Topliss-reactive ketones (excluding diaryl/α,β-unsaturated/α-hetero) is 1. The van der Waals surface area contributed by atoms with Gasteiger partial charge in [0, 0.05) is 11.5 Å². The van der Waals surface area contributed by atoms with Crippen molar-refractivity contribution in [2.24, 2.45) is 5.92 Å². The van der Waals surface area contributed by atoms with Gasteiger partial charge >= 0.3 is 0 Å². The van der Waals surface area contributed by atoms with Crippen LogP contribution in [0.15, 0.2) is 12.1 Å². The lowest BCUT2D eigenvalue weighted by Gasteiger charge is -2.08. The molecule has 1 aromatic rings. The molecule has 0 fully saturated rings. The first kappa shape index (κ1) is 9.45. The first-order valence-electron chi connectivity index (χ1n) is 5.17. The van der Waals surface area contributed by atoms with Gasteiger partial charge in [-0.15, -0.1) is 0 Å². The number of aryl methyl sites for hydroxylation is 2. The molecule has 74 valence electrons. The molecule has 0 amide bonds. The third-order valence-electron chi connectivity index (χ3n) is 3.41. The summed E-state index contributed by atoms with van der Waals surface area (Å²) in [6, 6.07) is 4.26. The van der Waals surface area contributed by atoms with E-state index in [1.54, 1.807) is 0 Å². The molecule has 1 heteroatoms. The number of carbonyl (C=O) groups excluding carboxylic acids is 1. The number of hydrogen-bond acceptors (Lipinski definition) is 1. The smallest absolute Gasteiger partial charge is 0.166 e. The van der Waals surface area contributed by atoms with Gasteiger partial charge in [-0.3, -0.25) is 4.79 Å². The van der Waals surface area contributed by atoms with Crippen molar-refractivity contribution >= 4 is 5.78 Å². The summed E-state index contributed by atoms with van der Waals surface area (Å²) < 4.78 is 0. The predicted octanol–water partition coefficient (Wildman–Crippen LogP) is 3.24. The Morgan fingerprint density at radius 1 is 1.07 bits per heavy atom. The summed E-state index contributed by atoms with van der Waals surface area (Å²) in [4.78, 5) is 11.9. The summed E-state index contributed by atoms with van der Waals surface area (Å²) in [5, 5.41) is 0. The van der Waals surface area contributed by atoms with Crippen LogP contribution in [0.2, 0.25) is 0 Å². The third kappa shape index (κ3) is 1.12. The molecule has 1 aliphatic rings. The molecule has 0 aliphatic heterocycles. The van der Waals surface area contributed by atoms with E-state index in [9.17, 15) is 4.79 Å². The fourth-order valence-corrected chi connectivity index (χ4v) is 2.42. The zero-order valence-electron chi connectivity index (χ0n) is 9.22. The number of fused-ring (bicyclic) bond motifs is 1. The lowest BCUT2D eigenvalue weighted by Crippen LogP contribution is -2.06. The van der Waals surface area contributed by atoms with Gasteiger partial charge in [-0.25, -0.2) is 0 Å². The van der Waals surface area contributed by atoms with Gasteiger partial charge in [0.15, 0.2) is 5.78 Å². The van der Waals surface area contributed by atoms with Crippen LogP contribution in [0, 0.1) is 19.8 Å². The number of benzene rings is 1. The average molecular weight is 188 g/mol. The molecule has 0 N–H and O–H groups in total. The van der Waals surface area contributed by atoms with Gasteiger partial charge in [-0.1, -0.05) is 31.5 Å². The van der Waals surface area contributed by atoms with E-state index in [-0.39, 0.29) is 5.92 Å². The first-order chi connectivity index (χ1) is 6.52. The molecular weight excluding hydrogens is 172 g/mol. The van der Waals surface area contributed by atoms with Crippen LogP contribution < -0.4 is 0 Å². The van der Waals surface area contributed by atoms with E-state index in [1.165, 1.54) is 11.1 Å². The molecule has 0 spiro atoms. The predicted molar refractivity (Wildman–Crippen MR) is 57.8 cm³/mol. The summed E-state index contributed by atoms with van der Waals surface area (Å²) >= 11 is 0. The minimum Gasteiger partial charge on any atom is -0.294 e. The third-order valence-corrected chi connectivity index (χ3v) is 3.41. The number of carbonyl (C=O) groups is 1. The molecule has 0 heterocycles. The summed E-state index contributed by atoms with van der Waals surface area (Å²) in [7, 11) is 0. The van der Waals surface area contributed by atoms with Crippen LogP contribution in [0.3, 0.4) is 0 Å². The van der Waals surface area contributed by atoms with Crippen LogP contribution in [-0.4, -0.2) is 5.78 Å². The maximum Gasteiger partial charge on any atom is 0.166 e. The molecule has 2 rings (SSSR count). The molecule has 2 atom stereocenters. The summed E-state index contributed by atoms with van der Waals surface area (Å²) in [6.07, 6.45) is 0.